The SMILES string of the molecule is CCCNC1(C#N)CCCC1CCOC1CCCCCC1. The van der Waals surface area contributed by atoms with Crippen LogP contribution in [0.15, 0.2) is 0 Å². The molecule has 0 saturated heterocycles. The highest BCUT2D eigenvalue weighted by molar-refractivity contribution is 5.14. The minimum absolute atomic E-state index is 0.275. The van der Waals surface area contributed by atoms with E-state index in [-0.39, 0.29) is 5.54 Å². The molecule has 0 spiro atoms. The van der Waals surface area contributed by atoms with Gasteiger partial charge in [-0.25, -0.2) is 0 Å². The van der Waals surface area contributed by atoms with E-state index in [0.29, 0.717) is 12.0 Å². The van der Waals surface area contributed by atoms with Crippen molar-refractivity contribution in [1.29, 1.82) is 5.26 Å². The van der Waals surface area contributed by atoms with Crippen molar-refractivity contribution < 1.29 is 4.74 Å². The molecular weight excluding hydrogens is 260 g/mol. The fraction of sp³-hybridized carbons (Fsp3) is 0.944. The van der Waals surface area contributed by atoms with Gasteiger partial charge in [-0.05, 0) is 51.0 Å². The predicted molar refractivity (Wildman–Crippen MR) is 86.0 cm³/mol. The second-order valence-electron chi connectivity index (χ2n) is 6.87. The molecule has 2 saturated carbocycles. The van der Waals surface area contributed by atoms with Gasteiger partial charge in [0.15, 0.2) is 0 Å². The number of rotatable bonds is 7. The Labute approximate surface area is 130 Å². The molecule has 120 valence electrons. The first-order chi connectivity index (χ1) is 10.3. The maximum Gasteiger partial charge on any atom is 0.109 e. The first kappa shape index (κ1) is 16.8. The number of hydrogen-bond acceptors (Lipinski definition) is 3. The van der Waals surface area contributed by atoms with Crippen LogP contribution in [0, 0.1) is 17.2 Å². The first-order valence-corrected chi connectivity index (χ1v) is 9.08. The molecule has 3 heteroatoms. The Morgan fingerprint density at radius 1 is 1.14 bits per heavy atom. The summed E-state index contributed by atoms with van der Waals surface area (Å²) in [6.07, 6.45) is 13.9. The van der Waals surface area contributed by atoms with Crippen LogP contribution in [-0.2, 0) is 4.74 Å². The molecule has 3 nitrogen and oxygen atoms in total. The Hall–Kier alpha value is -0.590. The highest BCUT2D eigenvalue weighted by Crippen LogP contribution is 2.37. The number of ether oxygens (including phenoxy) is 1. The summed E-state index contributed by atoms with van der Waals surface area (Å²) < 4.78 is 6.13. The molecule has 2 fully saturated rings. The minimum Gasteiger partial charge on any atom is -0.378 e. The molecule has 21 heavy (non-hydrogen) atoms. The predicted octanol–water partition coefficient (Wildman–Crippen LogP) is 4.18. The second-order valence-corrected chi connectivity index (χ2v) is 6.87. The van der Waals surface area contributed by atoms with Crippen molar-refractivity contribution in [2.75, 3.05) is 13.2 Å². The summed E-state index contributed by atoms with van der Waals surface area (Å²) in [7, 11) is 0. The molecule has 2 unspecified atom stereocenters. The third-order valence-electron chi connectivity index (χ3n) is 5.33. The lowest BCUT2D eigenvalue weighted by molar-refractivity contribution is 0.0316. The highest BCUT2D eigenvalue weighted by atomic mass is 16.5. The summed E-state index contributed by atoms with van der Waals surface area (Å²) >= 11 is 0. The van der Waals surface area contributed by atoms with Crippen LogP contribution in [0.3, 0.4) is 0 Å². The third kappa shape index (κ3) is 4.69. The van der Waals surface area contributed by atoms with Gasteiger partial charge in [0.2, 0.25) is 0 Å². The molecule has 0 radical (unpaired) electrons. The molecule has 2 rings (SSSR count). The van der Waals surface area contributed by atoms with Crippen LogP contribution >= 0.6 is 0 Å². The van der Waals surface area contributed by atoms with E-state index in [2.05, 4.69) is 18.3 Å². The van der Waals surface area contributed by atoms with Crippen molar-refractivity contribution >= 4 is 0 Å². The van der Waals surface area contributed by atoms with E-state index in [1.165, 1.54) is 51.4 Å². The zero-order valence-electron chi connectivity index (χ0n) is 13.7. The van der Waals surface area contributed by atoms with Crippen LogP contribution in [0.4, 0.5) is 0 Å². The second kappa shape index (κ2) is 8.76. The Morgan fingerprint density at radius 3 is 2.57 bits per heavy atom. The maximum atomic E-state index is 9.65. The average Bonchev–Trinajstić information content (AvgIpc) is 2.72. The van der Waals surface area contributed by atoms with E-state index < -0.39 is 0 Å². The molecule has 0 aromatic carbocycles. The minimum atomic E-state index is -0.275. The van der Waals surface area contributed by atoms with Crippen LogP contribution in [0.1, 0.15) is 77.6 Å². The van der Waals surface area contributed by atoms with Crippen molar-refractivity contribution in [2.45, 2.75) is 89.2 Å². The molecule has 0 aromatic heterocycles. The summed E-state index contributed by atoms with van der Waals surface area (Å²) in [5, 5.41) is 13.2. The lowest BCUT2D eigenvalue weighted by Crippen LogP contribution is -2.47. The normalized spacial score (nSPS) is 31.0. The van der Waals surface area contributed by atoms with E-state index in [4.69, 9.17) is 4.74 Å². The summed E-state index contributed by atoms with van der Waals surface area (Å²) in [4.78, 5) is 0. The quantitative estimate of drug-likeness (QED) is 0.716. The van der Waals surface area contributed by atoms with Crippen molar-refractivity contribution in [2.24, 2.45) is 5.92 Å². The fourth-order valence-electron chi connectivity index (χ4n) is 4.02. The van der Waals surface area contributed by atoms with E-state index in [1.54, 1.807) is 0 Å². The van der Waals surface area contributed by atoms with Crippen LogP contribution in [-0.4, -0.2) is 24.8 Å². The number of hydrogen-bond donors (Lipinski definition) is 1. The number of nitriles is 1. The smallest absolute Gasteiger partial charge is 0.109 e. The average molecular weight is 292 g/mol. The topological polar surface area (TPSA) is 45.0 Å². The summed E-state index contributed by atoms with van der Waals surface area (Å²) in [6, 6.07) is 2.59. The largest absolute Gasteiger partial charge is 0.378 e. The Balaban J connectivity index is 1.76. The molecule has 0 bridgehead atoms. The van der Waals surface area contributed by atoms with Gasteiger partial charge in [0, 0.05) is 6.61 Å². The zero-order chi connectivity index (χ0) is 15.0. The molecule has 0 aromatic rings. The van der Waals surface area contributed by atoms with Crippen LogP contribution in [0.5, 0.6) is 0 Å². The monoisotopic (exact) mass is 292 g/mol. The van der Waals surface area contributed by atoms with E-state index >= 15 is 0 Å². The third-order valence-corrected chi connectivity index (χ3v) is 5.33. The van der Waals surface area contributed by atoms with Crippen molar-refractivity contribution in [3.05, 3.63) is 0 Å². The lowest BCUT2D eigenvalue weighted by atomic mass is 9.86. The molecule has 0 heterocycles. The number of nitrogens with one attached hydrogen (secondary N) is 1. The molecule has 1 N–H and O–H groups in total. The molecule has 0 aliphatic heterocycles. The van der Waals surface area contributed by atoms with Gasteiger partial charge in [-0.2, -0.15) is 5.26 Å². The summed E-state index contributed by atoms with van der Waals surface area (Å²) in [5.74, 6) is 0.472. The summed E-state index contributed by atoms with van der Waals surface area (Å²) in [5.41, 5.74) is -0.275. The fourth-order valence-corrected chi connectivity index (χ4v) is 4.02. The van der Waals surface area contributed by atoms with Crippen molar-refractivity contribution in [1.82, 2.24) is 5.32 Å². The van der Waals surface area contributed by atoms with Gasteiger partial charge in [-0.3, -0.25) is 5.32 Å². The van der Waals surface area contributed by atoms with Gasteiger partial charge in [-0.1, -0.05) is 39.0 Å². The highest BCUT2D eigenvalue weighted by Gasteiger charge is 2.42. The van der Waals surface area contributed by atoms with Gasteiger partial charge in [0.1, 0.15) is 5.54 Å². The van der Waals surface area contributed by atoms with Gasteiger partial charge in [0.05, 0.1) is 12.2 Å². The van der Waals surface area contributed by atoms with E-state index in [1.807, 2.05) is 0 Å². The van der Waals surface area contributed by atoms with Crippen LogP contribution < -0.4 is 5.32 Å². The Morgan fingerprint density at radius 2 is 1.90 bits per heavy atom. The van der Waals surface area contributed by atoms with Crippen LogP contribution in [0.2, 0.25) is 0 Å². The molecule has 2 aliphatic rings. The Bertz CT molecular complexity index is 331. The standard InChI is InChI=1S/C18H32N2O/c1-2-13-20-18(15-19)12-7-8-16(18)11-14-21-17-9-5-3-4-6-10-17/h16-17,20H,2-14H2,1H3. The lowest BCUT2D eigenvalue weighted by Gasteiger charge is -2.30. The van der Waals surface area contributed by atoms with E-state index in [9.17, 15) is 5.26 Å². The number of nitrogens with zero attached hydrogens (tertiary/aromatic N) is 1. The summed E-state index contributed by atoms with van der Waals surface area (Å²) in [6.45, 7) is 3.96. The maximum absolute atomic E-state index is 9.65. The van der Waals surface area contributed by atoms with Crippen LogP contribution in [0.25, 0.3) is 0 Å². The van der Waals surface area contributed by atoms with Gasteiger partial charge in [0.25, 0.3) is 0 Å². The van der Waals surface area contributed by atoms with Crippen molar-refractivity contribution in [3.63, 3.8) is 0 Å². The zero-order valence-corrected chi connectivity index (χ0v) is 13.7. The molecule has 2 atom stereocenters. The van der Waals surface area contributed by atoms with Gasteiger partial charge < -0.3 is 4.74 Å². The first-order valence-electron chi connectivity index (χ1n) is 9.08. The van der Waals surface area contributed by atoms with Gasteiger partial charge >= 0.3 is 0 Å². The molecule has 2 aliphatic carbocycles. The van der Waals surface area contributed by atoms with E-state index in [0.717, 1.165) is 32.4 Å². The van der Waals surface area contributed by atoms with Crippen molar-refractivity contribution in [3.8, 4) is 6.07 Å². The molecule has 0 amide bonds. The Kier molecular flexibility index (Phi) is 6.99. The molecular formula is C18H32N2O. The van der Waals surface area contributed by atoms with Gasteiger partial charge in [-0.15, -0.1) is 0 Å².